The molecule has 88 valence electrons. The highest BCUT2D eigenvalue weighted by atomic mass is 19.3. The molecule has 0 aliphatic carbocycles. The molecule has 15 heavy (non-hydrogen) atoms. The zero-order chi connectivity index (χ0) is 11.9. The molecule has 0 aliphatic heterocycles. The van der Waals surface area contributed by atoms with Crippen LogP contribution in [0.5, 0.6) is 0 Å². The zero-order valence-electron chi connectivity index (χ0n) is 9.64. The first-order valence-electron chi connectivity index (χ1n) is 4.96. The van der Waals surface area contributed by atoms with Crippen LogP contribution >= 0.6 is 0 Å². The molecular formula is C11H18F2O2. The molecule has 2 nitrogen and oxygen atoms in total. The first kappa shape index (κ1) is 14.3. The third-order valence-electron chi connectivity index (χ3n) is 2.14. The Kier molecular flexibility index (Phi) is 6.46. The lowest BCUT2D eigenvalue weighted by atomic mass is 10.1. The summed E-state index contributed by atoms with van der Waals surface area (Å²) in [7, 11) is 2.95. The Morgan fingerprint density at radius 3 is 2.13 bits per heavy atom. The van der Waals surface area contributed by atoms with Crippen molar-refractivity contribution >= 4 is 0 Å². The van der Waals surface area contributed by atoms with Crippen LogP contribution in [0.4, 0.5) is 8.78 Å². The van der Waals surface area contributed by atoms with Crippen molar-refractivity contribution in [2.24, 2.45) is 0 Å². The Balaban J connectivity index is 4.56. The molecule has 0 aromatic rings. The van der Waals surface area contributed by atoms with E-state index in [0.29, 0.717) is 6.42 Å². The maximum Gasteiger partial charge on any atom is 0.307 e. The SMILES string of the molecule is CCC(OC)C(C#CC(F)(F)CC)OC. The van der Waals surface area contributed by atoms with E-state index in [2.05, 4.69) is 5.92 Å². The van der Waals surface area contributed by atoms with Crippen molar-refractivity contribution in [2.75, 3.05) is 14.2 Å². The van der Waals surface area contributed by atoms with Gasteiger partial charge in [0.05, 0.1) is 6.10 Å². The van der Waals surface area contributed by atoms with Crippen LogP contribution in [-0.4, -0.2) is 32.4 Å². The van der Waals surface area contributed by atoms with Crippen molar-refractivity contribution in [1.29, 1.82) is 0 Å². The van der Waals surface area contributed by atoms with E-state index in [-0.39, 0.29) is 12.5 Å². The van der Waals surface area contributed by atoms with Crippen molar-refractivity contribution in [2.45, 2.75) is 44.8 Å². The molecule has 0 N–H and O–H groups in total. The van der Waals surface area contributed by atoms with Gasteiger partial charge in [-0.3, -0.25) is 0 Å². The average molecular weight is 220 g/mol. The van der Waals surface area contributed by atoms with Gasteiger partial charge in [-0.1, -0.05) is 19.8 Å². The molecule has 0 aliphatic rings. The van der Waals surface area contributed by atoms with Gasteiger partial charge in [0.1, 0.15) is 6.10 Å². The second-order valence-corrected chi connectivity index (χ2v) is 3.17. The Bertz CT molecular complexity index is 226. The fourth-order valence-corrected chi connectivity index (χ4v) is 1.07. The summed E-state index contributed by atoms with van der Waals surface area (Å²) in [6, 6.07) is 0. The van der Waals surface area contributed by atoms with Crippen LogP contribution < -0.4 is 0 Å². The minimum Gasteiger partial charge on any atom is -0.378 e. The van der Waals surface area contributed by atoms with Gasteiger partial charge < -0.3 is 9.47 Å². The molecular weight excluding hydrogens is 202 g/mol. The number of alkyl halides is 2. The summed E-state index contributed by atoms with van der Waals surface area (Å²) in [6.07, 6.45) is -0.491. The van der Waals surface area contributed by atoms with Gasteiger partial charge in [0.25, 0.3) is 0 Å². The van der Waals surface area contributed by atoms with Crippen LogP contribution in [0.15, 0.2) is 0 Å². The highest BCUT2D eigenvalue weighted by Gasteiger charge is 2.24. The fraction of sp³-hybridized carbons (Fsp3) is 0.818. The summed E-state index contributed by atoms with van der Waals surface area (Å²) < 4.78 is 35.8. The molecule has 0 heterocycles. The van der Waals surface area contributed by atoms with Gasteiger partial charge in [-0.25, -0.2) is 0 Å². The van der Waals surface area contributed by atoms with Crippen LogP contribution in [0.2, 0.25) is 0 Å². The standard InChI is InChI=1S/C11H18F2O2/c1-5-9(14-3)10(15-4)7-8-11(12,13)6-2/h9-10H,5-6H2,1-4H3. The summed E-state index contributed by atoms with van der Waals surface area (Å²) >= 11 is 0. The normalized spacial score (nSPS) is 15.3. The Morgan fingerprint density at radius 1 is 1.20 bits per heavy atom. The van der Waals surface area contributed by atoms with Crippen molar-refractivity contribution < 1.29 is 18.3 Å². The van der Waals surface area contributed by atoms with E-state index in [1.807, 2.05) is 12.8 Å². The van der Waals surface area contributed by atoms with Crippen LogP contribution in [0.25, 0.3) is 0 Å². The van der Waals surface area contributed by atoms with Crippen LogP contribution in [-0.2, 0) is 9.47 Å². The van der Waals surface area contributed by atoms with Crippen molar-refractivity contribution in [3.8, 4) is 11.8 Å². The van der Waals surface area contributed by atoms with E-state index in [1.54, 1.807) is 0 Å². The molecule has 2 atom stereocenters. The molecule has 0 aromatic heterocycles. The lowest BCUT2D eigenvalue weighted by molar-refractivity contribution is -0.00896. The van der Waals surface area contributed by atoms with E-state index < -0.39 is 12.0 Å². The van der Waals surface area contributed by atoms with E-state index >= 15 is 0 Å². The monoisotopic (exact) mass is 220 g/mol. The van der Waals surface area contributed by atoms with Crippen molar-refractivity contribution in [3.05, 3.63) is 0 Å². The fourth-order valence-electron chi connectivity index (χ4n) is 1.07. The largest absolute Gasteiger partial charge is 0.378 e. The minimum atomic E-state index is -2.94. The quantitative estimate of drug-likeness (QED) is 0.663. The number of hydrogen-bond acceptors (Lipinski definition) is 2. The number of methoxy groups -OCH3 is 2. The molecule has 0 rings (SSSR count). The average Bonchev–Trinajstić information content (AvgIpc) is 2.24. The number of ether oxygens (including phenoxy) is 2. The molecule has 0 aromatic carbocycles. The van der Waals surface area contributed by atoms with Crippen molar-refractivity contribution in [1.82, 2.24) is 0 Å². The number of rotatable bonds is 5. The van der Waals surface area contributed by atoms with Crippen LogP contribution in [0, 0.1) is 11.8 Å². The number of hydrogen-bond donors (Lipinski definition) is 0. The van der Waals surface area contributed by atoms with Gasteiger partial charge in [0.15, 0.2) is 0 Å². The molecule has 2 unspecified atom stereocenters. The first-order chi connectivity index (χ1) is 7.00. The van der Waals surface area contributed by atoms with Gasteiger partial charge in [-0.15, -0.1) is 0 Å². The van der Waals surface area contributed by atoms with E-state index in [0.717, 1.165) is 0 Å². The smallest absolute Gasteiger partial charge is 0.307 e. The third kappa shape index (κ3) is 5.10. The van der Waals surface area contributed by atoms with Crippen LogP contribution in [0.3, 0.4) is 0 Å². The lowest BCUT2D eigenvalue weighted by Gasteiger charge is -2.19. The molecule has 4 heteroatoms. The summed E-state index contributed by atoms with van der Waals surface area (Å²) in [5.74, 6) is 1.39. The number of halogens is 2. The van der Waals surface area contributed by atoms with Gasteiger partial charge in [0.2, 0.25) is 0 Å². The first-order valence-corrected chi connectivity index (χ1v) is 4.96. The summed E-state index contributed by atoms with van der Waals surface area (Å²) in [5, 5.41) is 0. The summed E-state index contributed by atoms with van der Waals surface area (Å²) in [5.41, 5.74) is 0. The molecule has 0 saturated heterocycles. The summed E-state index contributed by atoms with van der Waals surface area (Å²) in [6.45, 7) is 3.28. The Morgan fingerprint density at radius 2 is 1.80 bits per heavy atom. The van der Waals surface area contributed by atoms with Gasteiger partial charge >= 0.3 is 5.92 Å². The Hall–Kier alpha value is -0.660. The second kappa shape index (κ2) is 6.76. The highest BCUT2D eigenvalue weighted by molar-refractivity contribution is 5.14. The molecule has 0 radical (unpaired) electrons. The third-order valence-corrected chi connectivity index (χ3v) is 2.14. The molecule has 0 spiro atoms. The topological polar surface area (TPSA) is 18.5 Å². The summed E-state index contributed by atoms with van der Waals surface area (Å²) in [4.78, 5) is 0. The van der Waals surface area contributed by atoms with E-state index in [1.165, 1.54) is 21.1 Å². The van der Waals surface area contributed by atoms with E-state index in [9.17, 15) is 8.78 Å². The maximum atomic E-state index is 12.9. The van der Waals surface area contributed by atoms with Gasteiger partial charge in [-0.2, -0.15) is 8.78 Å². The van der Waals surface area contributed by atoms with E-state index in [4.69, 9.17) is 9.47 Å². The highest BCUT2D eigenvalue weighted by Crippen LogP contribution is 2.16. The zero-order valence-corrected chi connectivity index (χ0v) is 9.64. The predicted octanol–water partition coefficient (Wildman–Crippen LogP) is 2.48. The molecule has 0 saturated carbocycles. The predicted molar refractivity (Wildman–Crippen MR) is 54.9 cm³/mol. The Labute approximate surface area is 89.9 Å². The van der Waals surface area contributed by atoms with Crippen molar-refractivity contribution in [3.63, 3.8) is 0 Å². The molecule has 0 amide bonds. The lowest BCUT2D eigenvalue weighted by Crippen LogP contribution is -2.28. The van der Waals surface area contributed by atoms with Crippen LogP contribution in [0.1, 0.15) is 26.7 Å². The second-order valence-electron chi connectivity index (χ2n) is 3.17. The molecule has 0 fully saturated rings. The molecule has 0 bridgehead atoms. The maximum absolute atomic E-state index is 12.9. The minimum absolute atomic E-state index is 0.268. The van der Waals surface area contributed by atoms with Gasteiger partial charge in [-0.05, 0) is 12.3 Å². The van der Waals surface area contributed by atoms with Gasteiger partial charge in [0, 0.05) is 20.6 Å².